The van der Waals surface area contributed by atoms with Crippen molar-refractivity contribution in [1.82, 2.24) is 14.9 Å². The minimum Gasteiger partial charge on any atom is -0.439 e. The number of ether oxygens (including phenoxy) is 1. The molecule has 0 radical (unpaired) electrons. The van der Waals surface area contributed by atoms with Crippen LogP contribution in [0.1, 0.15) is 36.9 Å². The summed E-state index contributed by atoms with van der Waals surface area (Å²) >= 11 is 0. The molecule has 0 unspecified atom stereocenters. The second-order valence-corrected chi connectivity index (χ2v) is 9.74. The molecule has 3 heterocycles. The van der Waals surface area contributed by atoms with E-state index < -0.39 is 17.7 Å². The molecule has 3 aromatic rings. The molecule has 0 N–H and O–H groups in total. The summed E-state index contributed by atoms with van der Waals surface area (Å²) in [5.74, 6) is -0.744. The average molecular weight is 501 g/mol. The van der Waals surface area contributed by atoms with Crippen LogP contribution in [0.2, 0.25) is 0 Å². The topological polar surface area (TPSA) is 41.5 Å². The summed E-state index contributed by atoms with van der Waals surface area (Å²) in [6.07, 6.45) is -0.714. The maximum Gasteiger partial charge on any atom is 0.433 e. The first-order chi connectivity index (χ1) is 17.3. The van der Waals surface area contributed by atoms with Gasteiger partial charge in [0.05, 0.1) is 0 Å². The van der Waals surface area contributed by atoms with E-state index in [9.17, 15) is 17.6 Å². The highest BCUT2D eigenvalue weighted by Crippen LogP contribution is 2.41. The highest BCUT2D eigenvalue weighted by molar-refractivity contribution is 5.38. The number of aromatic nitrogens is 2. The van der Waals surface area contributed by atoms with Gasteiger partial charge in [-0.2, -0.15) is 18.2 Å². The van der Waals surface area contributed by atoms with Crippen LogP contribution in [0.5, 0.6) is 11.6 Å². The molecule has 1 aromatic heterocycles. The fourth-order valence-corrected chi connectivity index (χ4v) is 5.28. The SMILES string of the molecule is Fc1cccc(Oc2cc(C(F)(F)F)nc(N3CCC4(CCCN(Cc5ccccc5)C4)CC3)n2)c1. The molecule has 0 aliphatic carbocycles. The number of hydrogen-bond donors (Lipinski definition) is 0. The summed E-state index contributed by atoms with van der Waals surface area (Å²) in [4.78, 5) is 12.4. The number of hydrogen-bond acceptors (Lipinski definition) is 5. The molecule has 0 saturated carbocycles. The highest BCUT2D eigenvalue weighted by Gasteiger charge is 2.40. The lowest BCUT2D eigenvalue weighted by atomic mass is 9.72. The third-order valence-corrected chi connectivity index (χ3v) is 7.10. The van der Waals surface area contributed by atoms with Crippen LogP contribution < -0.4 is 9.64 Å². The Morgan fingerprint density at radius 1 is 0.889 bits per heavy atom. The number of nitrogens with zero attached hydrogens (tertiary/aromatic N) is 4. The van der Waals surface area contributed by atoms with Crippen LogP contribution in [0.25, 0.3) is 0 Å². The quantitative estimate of drug-likeness (QED) is 0.384. The van der Waals surface area contributed by atoms with E-state index in [0.29, 0.717) is 13.1 Å². The van der Waals surface area contributed by atoms with E-state index in [1.165, 1.54) is 23.8 Å². The van der Waals surface area contributed by atoms with Gasteiger partial charge in [0, 0.05) is 38.3 Å². The Balaban J connectivity index is 1.30. The van der Waals surface area contributed by atoms with Crippen LogP contribution in [-0.2, 0) is 12.7 Å². The first-order valence-corrected chi connectivity index (χ1v) is 12.2. The van der Waals surface area contributed by atoms with Gasteiger partial charge in [-0.3, -0.25) is 4.90 Å². The van der Waals surface area contributed by atoms with E-state index >= 15 is 0 Å². The molecule has 2 aromatic carbocycles. The fourth-order valence-electron chi connectivity index (χ4n) is 5.28. The van der Waals surface area contributed by atoms with Crippen molar-refractivity contribution in [1.29, 1.82) is 0 Å². The van der Waals surface area contributed by atoms with Crippen molar-refractivity contribution in [2.75, 3.05) is 31.1 Å². The molecule has 0 amide bonds. The summed E-state index contributed by atoms with van der Waals surface area (Å²) in [6, 6.07) is 16.4. The third-order valence-electron chi connectivity index (χ3n) is 7.10. The molecule has 190 valence electrons. The van der Waals surface area contributed by atoms with Crippen LogP contribution in [0.4, 0.5) is 23.5 Å². The lowest BCUT2D eigenvalue weighted by Gasteiger charge is -2.47. The number of anilines is 1. The molecular weight excluding hydrogens is 472 g/mol. The minimum absolute atomic E-state index is 0.0111. The molecule has 2 aliphatic heterocycles. The monoisotopic (exact) mass is 500 g/mol. The number of benzene rings is 2. The van der Waals surface area contributed by atoms with Gasteiger partial charge in [0.15, 0.2) is 5.69 Å². The zero-order valence-electron chi connectivity index (χ0n) is 19.8. The molecule has 1 spiro atoms. The predicted octanol–water partition coefficient (Wildman–Crippen LogP) is 6.31. The summed E-state index contributed by atoms with van der Waals surface area (Å²) in [7, 11) is 0. The first-order valence-electron chi connectivity index (χ1n) is 12.2. The Morgan fingerprint density at radius 2 is 1.67 bits per heavy atom. The van der Waals surface area contributed by atoms with Gasteiger partial charge in [0.1, 0.15) is 11.6 Å². The Bertz CT molecular complexity index is 1180. The standard InChI is InChI=1S/C27H28F4N4O/c28-21-8-4-9-22(16-21)36-24-17-23(27(29,30)31)32-25(33-24)35-14-11-26(12-15-35)10-5-13-34(19-26)18-20-6-2-1-3-7-20/h1-4,6-9,16-17H,5,10-15,18-19H2. The lowest BCUT2D eigenvalue weighted by Crippen LogP contribution is -2.49. The van der Waals surface area contributed by atoms with Crippen LogP contribution >= 0.6 is 0 Å². The van der Waals surface area contributed by atoms with Gasteiger partial charge in [0.2, 0.25) is 11.8 Å². The maximum absolute atomic E-state index is 13.6. The van der Waals surface area contributed by atoms with Crippen LogP contribution in [0, 0.1) is 11.2 Å². The van der Waals surface area contributed by atoms with Gasteiger partial charge in [-0.15, -0.1) is 0 Å². The van der Waals surface area contributed by atoms with Crippen molar-refractivity contribution in [3.05, 3.63) is 77.7 Å². The van der Waals surface area contributed by atoms with Gasteiger partial charge < -0.3 is 9.64 Å². The molecule has 2 saturated heterocycles. The average Bonchev–Trinajstić information content (AvgIpc) is 2.85. The van der Waals surface area contributed by atoms with Gasteiger partial charge in [0.25, 0.3) is 0 Å². The molecule has 36 heavy (non-hydrogen) atoms. The van der Waals surface area contributed by atoms with Crippen LogP contribution in [0.15, 0.2) is 60.7 Å². The number of rotatable bonds is 5. The van der Waals surface area contributed by atoms with Crippen molar-refractivity contribution in [2.24, 2.45) is 5.41 Å². The molecule has 0 bridgehead atoms. The summed E-state index contributed by atoms with van der Waals surface area (Å²) in [5, 5.41) is 0. The maximum atomic E-state index is 13.6. The lowest BCUT2D eigenvalue weighted by molar-refractivity contribution is -0.141. The molecule has 2 fully saturated rings. The van der Waals surface area contributed by atoms with Crippen molar-refractivity contribution in [3.8, 4) is 11.6 Å². The van der Waals surface area contributed by atoms with Crippen LogP contribution in [0.3, 0.4) is 0 Å². The predicted molar refractivity (Wildman–Crippen MR) is 128 cm³/mol. The molecule has 2 aliphatic rings. The summed E-state index contributed by atoms with van der Waals surface area (Å²) < 4.78 is 59.8. The van der Waals surface area contributed by atoms with E-state index in [-0.39, 0.29) is 23.0 Å². The number of alkyl halides is 3. The highest BCUT2D eigenvalue weighted by atomic mass is 19.4. The van der Waals surface area contributed by atoms with Gasteiger partial charge >= 0.3 is 6.18 Å². The zero-order valence-corrected chi connectivity index (χ0v) is 19.8. The molecule has 5 rings (SSSR count). The minimum atomic E-state index is -4.66. The van der Waals surface area contributed by atoms with E-state index in [0.717, 1.165) is 57.5 Å². The van der Waals surface area contributed by atoms with Crippen molar-refractivity contribution >= 4 is 5.95 Å². The second-order valence-electron chi connectivity index (χ2n) is 9.74. The largest absolute Gasteiger partial charge is 0.439 e. The Morgan fingerprint density at radius 3 is 2.39 bits per heavy atom. The molecule has 9 heteroatoms. The molecule has 5 nitrogen and oxygen atoms in total. The van der Waals surface area contributed by atoms with Crippen LogP contribution in [-0.4, -0.2) is 41.0 Å². The van der Waals surface area contributed by atoms with Crippen molar-refractivity contribution < 1.29 is 22.3 Å². The first kappa shape index (κ1) is 24.5. The summed E-state index contributed by atoms with van der Waals surface area (Å²) in [5.41, 5.74) is 0.354. The Labute approximate surface area is 207 Å². The van der Waals surface area contributed by atoms with E-state index in [2.05, 4.69) is 39.1 Å². The molecule has 0 atom stereocenters. The zero-order chi connectivity index (χ0) is 25.2. The Hall–Kier alpha value is -3.20. The van der Waals surface area contributed by atoms with Crippen molar-refractivity contribution in [3.63, 3.8) is 0 Å². The summed E-state index contributed by atoms with van der Waals surface area (Å²) in [6.45, 7) is 4.08. The smallest absolute Gasteiger partial charge is 0.433 e. The number of piperidine rings is 2. The number of halogens is 4. The van der Waals surface area contributed by atoms with Gasteiger partial charge in [-0.05, 0) is 55.3 Å². The van der Waals surface area contributed by atoms with Gasteiger partial charge in [-0.1, -0.05) is 36.4 Å². The third kappa shape index (κ3) is 5.78. The fraction of sp³-hybridized carbons (Fsp3) is 0.407. The molecular formula is C27H28F4N4O. The van der Waals surface area contributed by atoms with Gasteiger partial charge in [-0.25, -0.2) is 9.37 Å². The van der Waals surface area contributed by atoms with E-state index in [1.54, 1.807) is 4.90 Å². The van der Waals surface area contributed by atoms with Crippen molar-refractivity contribution in [2.45, 2.75) is 38.4 Å². The number of likely N-dealkylation sites (tertiary alicyclic amines) is 1. The second kappa shape index (κ2) is 10.0. The van der Waals surface area contributed by atoms with E-state index in [4.69, 9.17) is 4.74 Å². The van der Waals surface area contributed by atoms with E-state index in [1.807, 2.05) is 6.07 Å². The normalized spacial score (nSPS) is 18.4. The Kier molecular flexibility index (Phi) is 6.83.